The molecule has 1 fully saturated rings. The van der Waals surface area contributed by atoms with Gasteiger partial charge in [0.05, 0.1) is 11.9 Å². The summed E-state index contributed by atoms with van der Waals surface area (Å²) in [7, 11) is -1.49. The van der Waals surface area contributed by atoms with E-state index in [1.807, 2.05) is 0 Å². The van der Waals surface area contributed by atoms with Crippen LogP contribution in [0.4, 0.5) is 0 Å². The number of nitrogens with zero attached hydrogens (tertiary/aromatic N) is 1. The van der Waals surface area contributed by atoms with Gasteiger partial charge in [-0.15, -0.1) is 0 Å². The maximum absolute atomic E-state index is 11.6. The van der Waals surface area contributed by atoms with Crippen LogP contribution in [-0.2, 0) is 10.0 Å². The second kappa shape index (κ2) is 4.59. The molecular formula is C9H19NO3S. The van der Waals surface area contributed by atoms with Crippen LogP contribution in [0.15, 0.2) is 0 Å². The van der Waals surface area contributed by atoms with Gasteiger partial charge in [-0.2, -0.15) is 0 Å². The highest BCUT2D eigenvalue weighted by molar-refractivity contribution is 7.89. The maximum atomic E-state index is 11.6. The standard InChI is InChI=1S/C9H19NO3S/c1-8(11)5-6-10(2)14(12,13)7-9-3-4-9/h8-9,11H,3-7H2,1-2H3. The second-order valence-corrected chi connectivity index (χ2v) is 6.30. The van der Waals surface area contributed by atoms with Crippen molar-refractivity contribution >= 4 is 10.0 Å². The highest BCUT2D eigenvalue weighted by Crippen LogP contribution is 2.30. The maximum Gasteiger partial charge on any atom is 0.214 e. The molecule has 1 atom stereocenters. The molecule has 0 spiro atoms. The van der Waals surface area contributed by atoms with E-state index in [1.54, 1.807) is 14.0 Å². The molecule has 0 saturated heterocycles. The van der Waals surface area contributed by atoms with E-state index < -0.39 is 16.1 Å². The topological polar surface area (TPSA) is 57.6 Å². The highest BCUT2D eigenvalue weighted by Gasteiger charge is 2.30. The minimum Gasteiger partial charge on any atom is -0.393 e. The molecule has 1 aliphatic carbocycles. The third-order valence-corrected chi connectivity index (χ3v) is 4.50. The number of aliphatic hydroxyl groups is 1. The third-order valence-electron chi connectivity index (χ3n) is 2.48. The molecule has 5 heteroatoms. The van der Waals surface area contributed by atoms with Gasteiger partial charge in [-0.05, 0) is 32.1 Å². The molecule has 0 aromatic heterocycles. The first-order valence-corrected chi connectivity index (χ1v) is 6.65. The first-order chi connectivity index (χ1) is 6.42. The van der Waals surface area contributed by atoms with Crippen LogP contribution in [0.2, 0.25) is 0 Å². The van der Waals surface area contributed by atoms with Crippen LogP contribution >= 0.6 is 0 Å². The lowest BCUT2D eigenvalue weighted by atomic mass is 10.3. The van der Waals surface area contributed by atoms with Crippen LogP contribution in [0, 0.1) is 5.92 Å². The summed E-state index contributed by atoms with van der Waals surface area (Å²) in [5.74, 6) is 0.664. The molecule has 84 valence electrons. The van der Waals surface area contributed by atoms with Gasteiger partial charge in [0.1, 0.15) is 0 Å². The molecule has 4 nitrogen and oxygen atoms in total. The Labute approximate surface area is 86.0 Å². The Morgan fingerprint density at radius 3 is 2.50 bits per heavy atom. The predicted octanol–water partition coefficient (Wildman–Crippen LogP) is 0.429. The van der Waals surface area contributed by atoms with Gasteiger partial charge < -0.3 is 5.11 Å². The van der Waals surface area contributed by atoms with Gasteiger partial charge in [-0.1, -0.05) is 0 Å². The molecule has 1 N–H and O–H groups in total. The van der Waals surface area contributed by atoms with Crippen molar-refractivity contribution < 1.29 is 13.5 Å². The summed E-state index contributed by atoms with van der Waals surface area (Å²) in [5.41, 5.74) is 0. The van der Waals surface area contributed by atoms with Crippen LogP contribution in [0.1, 0.15) is 26.2 Å². The zero-order chi connectivity index (χ0) is 10.8. The van der Waals surface area contributed by atoms with Crippen LogP contribution in [0.3, 0.4) is 0 Å². The lowest BCUT2D eigenvalue weighted by Gasteiger charge is -2.17. The Morgan fingerprint density at radius 1 is 1.50 bits per heavy atom. The fourth-order valence-electron chi connectivity index (χ4n) is 1.22. The van der Waals surface area contributed by atoms with Gasteiger partial charge in [0.2, 0.25) is 10.0 Å². The van der Waals surface area contributed by atoms with Crippen molar-refractivity contribution in [3.63, 3.8) is 0 Å². The summed E-state index contributed by atoms with van der Waals surface area (Å²) in [6.45, 7) is 2.08. The molecule has 0 heterocycles. The van der Waals surface area contributed by atoms with E-state index in [0.717, 1.165) is 12.8 Å². The SMILES string of the molecule is CC(O)CCN(C)S(=O)(=O)CC1CC1. The van der Waals surface area contributed by atoms with Gasteiger partial charge in [-0.25, -0.2) is 12.7 Å². The number of rotatable bonds is 6. The summed E-state index contributed by atoms with van der Waals surface area (Å²) >= 11 is 0. The summed E-state index contributed by atoms with van der Waals surface area (Å²) < 4.78 is 24.6. The van der Waals surface area contributed by atoms with Gasteiger partial charge in [0.15, 0.2) is 0 Å². The normalized spacial score (nSPS) is 20.0. The van der Waals surface area contributed by atoms with Crippen LogP contribution in [0.25, 0.3) is 0 Å². The van der Waals surface area contributed by atoms with Gasteiger partial charge in [0.25, 0.3) is 0 Å². The van der Waals surface area contributed by atoms with Crippen molar-refractivity contribution in [2.75, 3.05) is 19.3 Å². The number of aliphatic hydroxyl groups excluding tert-OH is 1. The Bertz CT molecular complexity index is 270. The average Bonchev–Trinajstić information content (AvgIpc) is 2.82. The lowest BCUT2D eigenvalue weighted by molar-refractivity contribution is 0.177. The van der Waals surface area contributed by atoms with Crippen LogP contribution in [-0.4, -0.2) is 43.3 Å². The summed E-state index contributed by atoms with van der Waals surface area (Å²) in [6.07, 6.45) is 2.15. The van der Waals surface area contributed by atoms with Crippen molar-refractivity contribution in [2.24, 2.45) is 5.92 Å². The monoisotopic (exact) mass is 221 g/mol. The third kappa shape index (κ3) is 3.94. The van der Waals surface area contributed by atoms with Gasteiger partial charge in [-0.3, -0.25) is 0 Å². The highest BCUT2D eigenvalue weighted by atomic mass is 32.2. The minimum atomic E-state index is -3.07. The van der Waals surface area contributed by atoms with Gasteiger partial charge in [0, 0.05) is 13.6 Å². The van der Waals surface area contributed by atoms with E-state index in [1.165, 1.54) is 4.31 Å². The molecule has 1 aliphatic rings. The minimum absolute atomic E-state index is 0.281. The van der Waals surface area contributed by atoms with E-state index in [2.05, 4.69) is 0 Å². The number of hydrogen-bond acceptors (Lipinski definition) is 3. The lowest BCUT2D eigenvalue weighted by Crippen LogP contribution is -2.32. The Balaban J connectivity index is 2.36. The predicted molar refractivity (Wildman–Crippen MR) is 55.4 cm³/mol. The number of hydrogen-bond donors (Lipinski definition) is 1. The first-order valence-electron chi connectivity index (χ1n) is 5.04. The fraction of sp³-hybridized carbons (Fsp3) is 1.00. The summed E-state index contributed by atoms with van der Waals surface area (Å²) in [5, 5.41) is 9.04. The van der Waals surface area contributed by atoms with Crippen LogP contribution < -0.4 is 0 Å². The van der Waals surface area contributed by atoms with Gasteiger partial charge >= 0.3 is 0 Å². The Morgan fingerprint density at radius 2 is 2.07 bits per heavy atom. The van der Waals surface area contributed by atoms with E-state index in [4.69, 9.17) is 5.11 Å². The zero-order valence-electron chi connectivity index (χ0n) is 8.81. The molecule has 0 aliphatic heterocycles. The van der Waals surface area contributed by atoms with Crippen molar-refractivity contribution in [3.8, 4) is 0 Å². The first kappa shape index (κ1) is 11.9. The Hall–Kier alpha value is -0.130. The molecular weight excluding hydrogens is 202 g/mol. The smallest absolute Gasteiger partial charge is 0.214 e. The molecule has 0 amide bonds. The number of sulfonamides is 1. The van der Waals surface area contributed by atoms with Crippen molar-refractivity contribution in [3.05, 3.63) is 0 Å². The molecule has 14 heavy (non-hydrogen) atoms. The van der Waals surface area contributed by atoms with E-state index in [9.17, 15) is 8.42 Å². The quantitative estimate of drug-likeness (QED) is 0.707. The molecule has 0 aromatic rings. The van der Waals surface area contributed by atoms with Crippen LogP contribution in [0.5, 0.6) is 0 Å². The fourth-order valence-corrected chi connectivity index (χ4v) is 2.78. The molecule has 0 bridgehead atoms. The van der Waals surface area contributed by atoms with E-state index in [0.29, 0.717) is 18.9 Å². The second-order valence-electron chi connectivity index (χ2n) is 4.18. The molecule has 1 unspecified atom stereocenters. The average molecular weight is 221 g/mol. The van der Waals surface area contributed by atoms with Crippen molar-refractivity contribution in [1.29, 1.82) is 0 Å². The Kier molecular flexibility index (Phi) is 3.92. The summed E-state index contributed by atoms with van der Waals surface area (Å²) in [4.78, 5) is 0. The van der Waals surface area contributed by atoms with Crippen molar-refractivity contribution in [1.82, 2.24) is 4.31 Å². The molecule has 0 radical (unpaired) electrons. The van der Waals surface area contributed by atoms with Crippen molar-refractivity contribution in [2.45, 2.75) is 32.3 Å². The van der Waals surface area contributed by atoms with E-state index >= 15 is 0 Å². The molecule has 1 rings (SSSR count). The molecule has 0 aromatic carbocycles. The van der Waals surface area contributed by atoms with E-state index in [-0.39, 0.29) is 5.75 Å². The zero-order valence-corrected chi connectivity index (χ0v) is 9.63. The largest absolute Gasteiger partial charge is 0.393 e. The molecule has 1 saturated carbocycles. The summed E-state index contributed by atoms with van der Waals surface area (Å²) in [6, 6.07) is 0.